The number of nitrogens with two attached hydrogens (primary N) is 2. The largest absolute Gasteiger partial charge is 0.506 e. The molecular weight excluding hydrogens is 633 g/mol. The van der Waals surface area contributed by atoms with Crippen LogP contribution in [0.1, 0.15) is 44.5 Å². The first-order valence-corrected chi connectivity index (χ1v) is 15.7. The van der Waals surface area contributed by atoms with Gasteiger partial charge >= 0.3 is 0 Å². The fourth-order valence-corrected chi connectivity index (χ4v) is 6.79. The minimum Gasteiger partial charge on any atom is -0.506 e. The lowest BCUT2D eigenvalue weighted by atomic mass is 9.65. The van der Waals surface area contributed by atoms with Crippen LogP contribution in [0, 0.1) is 49.4 Å². The van der Waals surface area contributed by atoms with E-state index in [9.17, 15) is 10.2 Å². The number of aromatic hydroxyl groups is 2. The van der Waals surface area contributed by atoms with Gasteiger partial charge in [-0.25, -0.2) is 0 Å². The van der Waals surface area contributed by atoms with Crippen molar-refractivity contribution in [3.8, 4) is 95.0 Å². The second-order valence-corrected chi connectivity index (χ2v) is 11.9. The number of nitrogen functional groups attached to an aromatic ring is 2. The van der Waals surface area contributed by atoms with Crippen molar-refractivity contribution in [2.75, 3.05) is 11.5 Å². The van der Waals surface area contributed by atoms with Crippen LogP contribution in [0.4, 0.5) is 11.4 Å². The summed E-state index contributed by atoms with van der Waals surface area (Å²) in [7, 11) is 0. The predicted molar refractivity (Wildman–Crippen MR) is 201 cm³/mol. The van der Waals surface area contributed by atoms with E-state index in [1.165, 1.54) is 12.1 Å². The van der Waals surface area contributed by atoms with Crippen molar-refractivity contribution in [3.63, 3.8) is 0 Å². The summed E-state index contributed by atoms with van der Waals surface area (Å²) in [5.41, 5.74) is 18.6. The normalized spacial score (nSPS) is 11.9. The van der Waals surface area contributed by atoms with Gasteiger partial charge in [0.15, 0.2) is 0 Å². The Morgan fingerprint density at radius 2 is 0.843 bits per heavy atom. The highest BCUT2D eigenvalue weighted by atomic mass is 16.5. The first-order valence-electron chi connectivity index (χ1n) is 15.7. The summed E-state index contributed by atoms with van der Waals surface area (Å²) in [4.78, 5) is 0. The quantitative estimate of drug-likeness (QED) is 0.0815. The molecule has 0 amide bonds. The molecule has 6 heteroatoms. The van der Waals surface area contributed by atoms with Crippen LogP contribution in [0.25, 0.3) is 11.1 Å². The molecule has 0 atom stereocenters. The zero-order valence-electron chi connectivity index (χ0n) is 27.1. The van der Waals surface area contributed by atoms with Crippen molar-refractivity contribution in [3.05, 3.63) is 154 Å². The van der Waals surface area contributed by atoms with Crippen LogP contribution in [0.2, 0.25) is 0 Å². The Morgan fingerprint density at radius 1 is 0.471 bits per heavy atom. The molecule has 0 aliphatic heterocycles. The molecule has 7 rings (SSSR count). The average molecular weight is 661 g/mol. The number of ether oxygens (including phenoxy) is 2. The van der Waals surface area contributed by atoms with Crippen LogP contribution in [-0.2, 0) is 5.41 Å². The third kappa shape index (κ3) is 5.28. The molecule has 0 radical (unpaired) electrons. The monoisotopic (exact) mass is 660 g/mol. The minimum absolute atomic E-state index is 0.0311. The number of rotatable bonds is 6. The maximum absolute atomic E-state index is 9.88. The number of fused-ring (bicyclic) bond motifs is 3. The van der Waals surface area contributed by atoms with Crippen LogP contribution in [0.3, 0.4) is 0 Å². The van der Waals surface area contributed by atoms with Crippen molar-refractivity contribution in [2.24, 2.45) is 0 Å². The second-order valence-electron chi connectivity index (χ2n) is 11.9. The molecule has 0 unspecified atom stereocenters. The molecule has 6 aromatic carbocycles. The summed E-state index contributed by atoms with van der Waals surface area (Å²) in [6.07, 6.45) is 24.4. The van der Waals surface area contributed by atoms with E-state index < -0.39 is 5.41 Å². The SMILES string of the molecule is C#Cc1cc(C#C)c2c(c1)-c1cc(C#C)cc(C#C)c1C2(c1ccc(Oc2ccc(O)c(N)c2)cc1)c1ccc(Oc2ccc(O)c(N)c2)cc1. The van der Waals surface area contributed by atoms with Gasteiger partial charge in [-0.05, 0) is 106 Å². The highest BCUT2D eigenvalue weighted by Gasteiger charge is 2.49. The van der Waals surface area contributed by atoms with Crippen molar-refractivity contribution < 1.29 is 19.7 Å². The molecule has 1 aliphatic rings. The van der Waals surface area contributed by atoms with E-state index in [1.54, 1.807) is 24.3 Å². The lowest BCUT2D eigenvalue weighted by molar-refractivity contribution is 0.466. The van der Waals surface area contributed by atoms with E-state index in [-0.39, 0.29) is 22.9 Å². The van der Waals surface area contributed by atoms with Gasteiger partial charge in [-0.1, -0.05) is 47.9 Å². The highest BCUT2D eigenvalue weighted by molar-refractivity contribution is 5.92. The average Bonchev–Trinajstić information content (AvgIpc) is 3.45. The Morgan fingerprint density at radius 3 is 1.18 bits per heavy atom. The van der Waals surface area contributed by atoms with Crippen molar-refractivity contribution >= 4 is 11.4 Å². The van der Waals surface area contributed by atoms with E-state index in [2.05, 4.69) is 23.7 Å². The summed E-state index contributed by atoms with van der Waals surface area (Å²) in [5.74, 6) is 13.2. The standard InChI is InChI=1S/C45H28N2O4/c1-5-27-21-29(7-3)43-37(23-27)38-24-28(6-2)22-30(8-4)44(38)45(43,31-9-13-33(14-10-31)50-35-17-19-41(48)39(46)25-35)32-11-15-34(16-12-32)51-36-18-20-42(49)40(47)26-36/h1-4,9-26,48-49H,46-47H2. The molecule has 0 heterocycles. The summed E-state index contributed by atoms with van der Waals surface area (Å²) in [6.45, 7) is 0. The third-order valence-corrected chi connectivity index (χ3v) is 9.01. The molecule has 0 bridgehead atoms. The molecule has 6 nitrogen and oxygen atoms in total. The van der Waals surface area contributed by atoms with Gasteiger partial charge in [0.1, 0.15) is 34.5 Å². The smallest absolute Gasteiger partial charge is 0.138 e. The van der Waals surface area contributed by atoms with Gasteiger partial charge in [-0.3, -0.25) is 0 Å². The Balaban J connectivity index is 1.48. The van der Waals surface area contributed by atoms with Crippen LogP contribution in [-0.4, -0.2) is 10.2 Å². The van der Waals surface area contributed by atoms with Crippen LogP contribution >= 0.6 is 0 Å². The maximum atomic E-state index is 9.88. The van der Waals surface area contributed by atoms with Gasteiger partial charge in [0.25, 0.3) is 0 Å². The second kappa shape index (κ2) is 12.4. The Hall–Kier alpha value is -7.64. The zero-order chi connectivity index (χ0) is 35.9. The fourth-order valence-electron chi connectivity index (χ4n) is 6.79. The number of benzene rings is 6. The lowest BCUT2D eigenvalue weighted by Gasteiger charge is -2.35. The van der Waals surface area contributed by atoms with Crippen LogP contribution in [0.5, 0.6) is 34.5 Å². The summed E-state index contributed by atoms with van der Waals surface area (Å²) in [6, 6.07) is 32.1. The molecule has 242 valence electrons. The first kappa shape index (κ1) is 31.9. The third-order valence-electron chi connectivity index (χ3n) is 9.01. The molecular formula is C45H28N2O4. The minimum atomic E-state index is -1.04. The number of anilines is 2. The van der Waals surface area contributed by atoms with Crippen molar-refractivity contribution in [1.82, 2.24) is 0 Å². The molecule has 1 aliphatic carbocycles. The van der Waals surface area contributed by atoms with E-state index in [0.29, 0.717) is 45.3 Å². The fraction of sp³-hybridized carbons (Fsp3) is 0.0222. The molecule has 0 aromatic heterocycles. The molecule has 6 aromatic rings. The maximum Gasteiger partial charge on any atom is 0.138 e. The Kier molecular flexibility index (Phi) is 7.78. The molecule has 0 spiro atoms. The van der Waals surface area contributed by atoms with Gasteiger partial charge < -0.3 is 31.2 Å². The summed E-state index contributed by atoms with van der Waals surface area (Å²) in [5, 5.41) is 19.8. The van der Waals surface area contributed by atoms with E-state index in [4.69, 9.17) is 46.6 Å². The van der Waals surface area contributed by atoms with Gasteiger partial charge in [0.2, 0.25) is 0 Å². The number of terminal acetylenes is 4. The molecule has 0 fully saturated rings. The van der Waals surface area contributed by atoms with Crippen LogP contribution < -0.4 is 20.9 Å². The lowest BCUT2D eigenvalue weighted by Crippen LogP contribution is -2.30. The van der Waals surface area contributed by atoms with Crippen molar-refractivity contribution in [2.45, 2.75) is 5.41 Å². The van der Waals surface area contributed by atoms with Gasteiger partial charge in [-0.15, -0.1) is 25.7 Å². The zero-order valence-corrected chi connectivity index (χ0v) is 27.1. The number of phenols is 2. The van der Waals surface area contributed by atoms with Gasteiger partial charge in [0.05, 0.1) is 16.8 Å². The van der Waals surface area contributed by atoms with Crippen molar-refractivity contribution in [1.29, 1.82) is 0 Å². The van der Waals surface area contributed by atoms with E-state index in [0.717, 1.165) is 33.4 Å². The Labute approximate surface area is 295 Å². The predicted octanol–water partition coefficient (Wildman–Crippen LogP) is 8.14. The summed E-state index contributed by atoms with van der Waals surface area (Å²) < 4.78 is 12.2. The number of hydrogen-bond acceptors (Lipinski definition) is 6. The first-order chi connectivity index (χ1) is 24.7. The number of phenolic OH excluding ortho intramolecular Hbond substituents is 2. The Bertz CT molecular complexity index is 2380. The highest BCUT2D eigenvalue weighted by Crippen LogP contribution is 2.59. The molecule has 6 N–H and O–H groups in total. The van der Waals surface area contributed by atoms with E-state index in [1.807, 2.05) is 72.8 Å². The summed E-state index contributed by atoms with van der Waals surface area (Å²) >= 11 is 0. The van der Waals surface area contributed by atoms with Gasteiger partial charge in [-0.2, -0.15) is 0 Å². The topological polar surface area (TPSA) is 111 Å². The van der Waals surface area contributed by atoms with Gasteiger partial charge in [0, 0.05) is 34.4 Å². The molecule has 51 heavy (non-hydrogen) atoms. The number of hydrogen-bond donors (Lipinski definition) is 4. The molecule has 0 saturated heterocycles. The molecule has 0 saturated carbocycles. The van der Waals surface area contributed by atoms with E-state index >= 15 is 0 Å². The van der Waals surface area contributed by atoms with Crippen LogP contribution in [0.15, 0.2) is 109 Å².